The quantitative estimate of drug-likeness (QED) is 0.909. The smallest absolute Gasteiger partial charge is 0.224 e. The Bertz CT molecular complexity index is 602. The second kappa shape index (κ2) is 5.73. The van der Waals surface area contributed by atoms with Crippen LogP contribution in [-0.2, 0) is 4.79 Å². The molecule has 0 aliphatic carbocycles. The molecule has 1 aromatic carbocycles. The van der Waals surface area contributed by atoms with Crippen molar-refractivity contribution in [3.8, 4) is 11.3 Å². The summed E-state index contributed by atoms with van der Waals surface area (Å²) >= 11 is 1.64. The maximum Gasteiger partial charge on any atom is 0.224 e. The van der Waals surface area contributed by atoms with Crippen LogP contribution < -0.4 is 10.6 Å². The van der Waals surface area contributed by atoms with Gasteiger partial charge in [-0.25, -0.2) is 4.98 Å². The first-order chi connectivity index (χ1) is 9.70. The van der Waals surface area contributed by atoms with E-state index in [9.17, 15) is 4.79 Å². The third kappa shape index (κ3) is 3.05. The van der Waals surface area contributed by atoms with E-state index in [4.69, 9.17) is 0 Å². The first-order valence-electron chi connectivity index (χ1n) is 6.74. The molecule has 2 aromatic rings. The van der Waals surface area contributed by atoms with Crippen LogP contribution in [0, 0.1) is 12.8 Å². The van der Waals surface area contributed by atoms with E-state index in [-0.39, 0.29) is 5.91 Å². The van der Waals surface area contributed by atoms with Gasteiger partial charge in [-0.1, -0.05) is 12.1 Å². The van der Waals surface area contributed by atoms with Crippen LogP contribution in [0.5, 0.6) is 0 Å². The van der Waals surface area contributed by atoms with Gasteiger partial charge in [0.15, 0.2) is 0 Å². The summed E-state index contributed by atoms with van der Waals surface area (Å²) in [6, 6.07) is 7.85. The van der Waals surface area contributed by atoms with Crippen LogP contribution >= 0.6 is 11.3 Å². The molecule has 1 aromatic heterocycles. The van der Waals surface area contributed by atoms with Gasteiger partial charge in [0.1, 0.15) is 0 Å². The highest BCUT2D eigenvalue weighted by Crippen LogP contribution is 2.23. The number of carbonyl (C=O) groups excluding carboxylic acids is 1. The molecule has 1 aliphatic heterocycles. The number of rotatable bonds is 4. The van der Waals surface area contributed by atoms with Crippen molar-refractivity contribution < 1.29 is 4.79 Å². The molecule has 3 rings (SSSR count). The molecule has 1 aliphatic rings. The molecule has 0 spiro atoms. The van der Waals surface area contributed by atoms with E-state index in [0.29, 0.717) is 12.3 Å². The van der Waals surface area contributed by atoms with Gasteiger partial charge in [0.05, 0.1) is 10.7 Å². The van der Waals surface area contributed by atoms with Crippen LogP contribution in [0.25, 0.3) is 11.3 Å². The van der Waals surface area contributed by atoms with Crippen molar-refractivity contribution in [2.75, 3.05) is 18.4 Å². The number of benzene rings is 1. The molecular formula is C15H17N3OS. The molecule has 2 heterocycles. The Morgan fingerprint density at radius 2 is 2.15 bits per heavy atom. The number of aromatic nitrogens is 1. The number of hydrogen-bond donors (Lipinski definition) is 2. The number of thiazole rings is 1. The highest BCUT2D eigenvalue weighted by atomic mass is 32.1. The van der Waals surface area contributed by atoms with E-state index in [2.05, 4.69) is 15.6 Å². The summed E-state index contributed by atoms with van der Waals surface area (Å²) in [6.07, 6.45) is 0.597. The lowest BCUT2D eigenvalue weighted by Gasteiger charge is -2.26. The fraction of sp³-hybridized carbons (Fsp3) is 0.333. The predicted molar refractivity (Wildman–Crippen MR) is 81.9 cm³/mol. The minimum Gasteiger partial charge on any atom is -0.326 e. The lowest BCUT2D eigenvalue weighted by molar-refractivity contribution is -0.117. The highest BCUT2D eigenvalue weighted by Gasteiger charge is 2.19. The zero-order valence-electron chi connectivity index (χ0n) is 11.3. The number of carbonyl (C=O) groups is 1. The van der Waals surface area contributed by atoms with Crippen LogP contribution in [-0.4, -0.2) is 24.0 Å². The Hall–Kier alpha value is -1.72. The Morgan fingerprint density at radius 3 is 2.70 bits per heavy atom. The molecule has 5 heteroatoms. The van der Waals surface area contributed by atoms with Crippen molar-refractivity contribution in [2.45, 2.75) is 13.3 Å². The molecule has 0 radical (unpaired) electrons. The second-order valence-electron chi connectivity index (χ2n) is 5.11. The minimum atomic E-state index is 0.0914. The van der Waals surface area contributed by atoms with Crippen LogP contribution in [0.4, 0.5) is 5.69 Å². The summed E-state index contributed by atoms with van der Waals surface area (Å²) in [5.41, 5.74) is 2.92. The lowest BCUT2D eigenvalue weighted by Crippen LogP contribution is -2.43. The average Bonchev–Trinajstić information content (AvgIpc) is 2.82. The molecule has 0 atom stereocenters. The molecule has 0 saturated carbocycles. The highest BCUT2D eigenvalue weighted by molar-refractivity contribution is 7.09. The summed E-state index contributed by atoms with van der Waals surface area (Å²) < 4.78 is 0. The van der Waals surface area contributed by atoms with Crippen molar-refractivity contribution in [1.82, 2.24) is 10.3 Å². The molecule has 4 nitrogen and oxygen atoms in total. The van der Waals surface area contributed by atoms with Crippen LogP contribution in [0.15, 0.2) is 29.6 Å². The monoisotopic (exact) mass is 287 g/mol. The average molecular weight is 287 g/mol. The largest absolute Gasteiger partial charge is 0.326 e. The molecule has 2 N–H and O–H groups in total. The third-order valence-corrected chi connectivity index (χ3v) is 4.20. The number of aryl methyl sites for hydroxylation is 1. The molecule has 20 heavy (non-hydrogen) atoms. The summed E-state index contributed by atoms with van der Waals surface area (Å²) in [6.45, 7) is 3.91. The van der Waals surface area contributed by atoms with Crippen molar-refractivity contribution >= 4 is 22.9 Å². The summed E-state index contributed by atoms with van der Waals surface area (Å²) in [7, 11) is 0. The van der Waals surface area contributed by atoms with Gasteiger partial charge in [-0.3, -0.25) is 4.79 Å². The van der Waals surface area contributed by atoms with E-state index >= 15 is 0 Å². The summed E-state index contributed by atoms with van der Waals surface area (Å²) in [4.78, 5) is 16.3. The number of nitrogens with one attached hydrogen (secondary N) is 2. The zero-order valence-corrected chi connectivity index (χ0v) is 12.2. The van der Waals surface area contributed by atoms with Gasteiger partial charge in [-0.05, 0) is 38.1 Å². The number of nitrogens with zero attached hydrogens (tertiary/aromatic N) is 1. The third-order valence-electron chi connectivity index (χ3n) is 3.42. The lowest BCUT2D eigenvalue weighted by atomic mass is 9.99. The second-order valence-corrected chi connectivity index (χ2v) is 6.17. The van der Waals surface area contributed by atoms with Gasteiger partial charge in [0.2, 0.25) is 5.91 Å². The van der Waals surface area contributed by atoms with Crippen molar-refractivity contribution in [3.05, 3.63) is 34.7 Å². The Morgan fingerprint density at radius 1 is 1.40 bits per heavy atom. The van der Waals surface area contributed by atoms with Crippen molar-refractivity contribution in [3.63, 3.8) is 0 Å². The fourth-order valence-electron chi connectivity index (χ4n) is 2.19. The van der Waals surface area contributed by atoms with Gasteiger partial charge in [-0.15, -0.1) is 11.3 Å². The van der Waals surface area contributed by atoms with Gasteiger partial charge < -0.3 is 10.6 Å². The maximum absolute atomic E-state index is 11.8. The van der Waals surface area contributed by atoms with Crippen LogP contribution in [0.3, 0.4) is 0 Å². The number of hydrogen-bond acceptors (Lipinski definition) is 4. The normalized spacial score (nSPS) is 14.8. The fourth-order valence-corrected chi connectivity index (χ4v) is 2.81. The number of amides is 1. The van der Waals surface area contributed by atoms with E-state index in [1.54, 1.807) is 11.3 Å². The molecule has 1 saturated heterocycles. The van der Waals surface area contributed by atoms with Gasteiger partial charge in [-0.2, -0.15) is 0 Å². The standard InChI is InChI=1S/C15H17N3OS/c1-10-17-14(9-20-10)12-2-4-13(5-3-12)18-15(19)6-11-7-16-8-11/h2-5,9,11,16H,6-8H2,1H3,(H,18,19). The number of anilines is 1. The minimum absolute atomic E-state index is 0.0914. The molecule has 0 unspecified atom stereocenters. The Labute approximate surface area is 122 Å². The van der Waals surface area contributed by atoms with Gasteiger partial charge in [0.25, 0.3) is 0 Å². The molecule has 1 amide bonds. The zero-order chi connectivity index (χ0) is 13.9. The van der Waals surface area contributed by atoms with Crippen molar-refractivity contribution in [1.29, 1.82) is 0 Å². The van der Waals surface area contributed by atoms with Gasteiger partial charge >= 0.3 is 0 Å². The van der Waals surface area contributed by atoms with Gasteiger partial charge in [0, 0.05) is 23.1 Å². The first-order valence-corrected chi connectivity index (χ1v) is 7.62. The Balaban J connectivity index is 1.62. The molecule has 0 bridgehead atoms. The van der Waals surface area contributed by atoms with Crippen LogP contribution in [0.1, 0.15) is 11.4 Å². The Kier molecular flexibility index (Phi) is 3.80. The van der Waals surface area contributed by atoms with E-state index in [1.807, 2.05) is 36.6 Å². The topological polar surface area (TPSA) is 54.0 Å². The molecule has 104 valence electrons. The SMILES string of the molecule is Cc1nc(-c2ccc(NC(=O)CC3CNC3)cc2)cs1. The van der Waals surface area contributed by atoms with E-state index in [1.165, 1.54) is 0 Å². The van der Waals surface area contributed by atoms with E-state index in [0.717, 1.165) is 35.0 Å². The molecular weight excluding hydrogens is 270 g/mol. The summed E-state index contributed by atoms with van der Waals surface area (Å²) in [5.74, 6) is 0.584. The molecule has 1 fully saturated rings. The first kappa shape index (κ1) is 13.3. The predicted octanol–water partition coefficient (Wildman–Crippen LogP) is 2.67. The summed E-state index contributed by atoms with van der Waals surface area (Å²) in [5, 5.41) is 9.22. The maximum atomic E-state index is 11.8. The van der Waals surface area contributed by atoms with E-state index < -0.39 is 0 Å². The van der Waals surface area contributed by atoms with Crippen LogP contribution in [0.2, 0.25) is 0 Å². The van der Waals surface area contributed by atoms with Crippen molar-refractivity contribution in [2.24, 2.45) is 5.92 Å².